The van der Waals surface area contributed by atoms with E-state index in [1.165, 1.54) is 23.1 Å². The molecule has 1 aromatic heterocycles. The van der Waals surface area contributed by atoms with Gasteiger partial charge in [-0.15, -0.1) is 5.10 Å². The molecule has 3 N–H and O–H groups in total. The third-order valence-electron chi connectivity index (χ3n) is 8.93. The van der Waals surface area contributed by atoms with Crippen molar-refractivity contribution in [1.82, 2.24) is 15.0 Å². The van der Waals surface area contributed by atoms with Crippen LogP contribution in [0.15, 0.2) is 121 Å². The van der Waals surface area contributed by atoms with Crippen molar-refractivity contribution in [1.29, 1.82) is 0 Å². The predicted molar refractivity (Wildman–Crippen MR) is 187 cm³/mol. The van der Waals surface area contributed by atoms with Crippen LogP contribution >= 0.6 is 0 Å². The molecule has 4 aromatic carbocycles. The van der Waals surface area contributed by atoms with Gasteiger partial charge in [-0.05, 0) is 47.9 Å². The van der Waals surface area contributed by atoms with Crippen molar-refractivity contribution in [2.45, 2.75) is 38.0 Å². The molecule has 254 valence electrons. The number of aromatic nitrogens is 3. The van der Waals surface area contributed by atoms with Gasteiger partial charge in [-0.25, -0.2) is 0 Å². The van der Waals surface area contributed by atoms with Gasteiger partial charge in [0.1, 0.15) is 0 Å². The zero-order valence-electron chi connectivity index (χ0n) is 27.3. The molecule has 6 rings (SSSR count). The number of rotatable bonds is 13. The Balaban J connectivity index is 1.18. The molecule has 1 aliphatic rings. The van der Waals surface area contributed by atoms with Gasteiger partial charge in [-0.1, -0.05) is 85.0 Å². The lowest BCUT2D eigenvalue weighted by Gasteiger charge is -2.27. The second-order valence-corrected chi connectivity index (χ2v) is 12.2. The van der Waals surface area contributed by atoms with Gasteiger partial charge in [0.15, 0.2) is 5.60 Å². The average molecular weight is 673 g/mol. The lowest BCUT2D eigenvalue weighted by atomic mass is 9.82. The van der Waals surface area contributed by atoms with Crippen LogP contribution in [0.4, 0.5) is 17.1 Å². The van der Waals surface area contributed by atoms with Crippen LogP contribution in [-0.4, -0.2) is 48.6 Å². The zero-order valence-corrected chi connectivity index (χ0v) is 27.3. The van der Waals surface area contributed by atoms with Crippen molar-refractivity contribution in [2.24, 2.45) is 5.92 Å². The minimum absolute atomic E-state index is 0.0594. The van der Waals surface area contributed by atoms with Crippen molar-refractivity contribution in [3.8, 4) is 0 Å². The number of fused-ring (bicyclic) bond motifs is 1. The minimum atomic E-state index is -2.07. The van der Waals surface area contributed by atoms with Gasteiger partial charge in [-0.2, -0.15) is 0 Å². The smallest absolute Gasteiger partial charge is 0.269 e. The lowest BCUT2D eigenvalue weighted by molar-refractivity contribution is -0.385. The Morgan fingerprint density at radius 2 is 1.76 bits per heavy atom. The van der Waals surface area contributed by atoms with E-state index in [0.29, 0.717) is 41.2 Å². The molecule has 50 heavy (non-hydrogen) atoms. The summed E-state index contributed by atoms with van der Waals surface area (Å²) in [4.78, 5) is 39.4. The van der Waals surface area contributed by atoms with Crippen LogP contribution in [0, 0.1) is 16.0 Å². The minimum Gasteiger partial charge on any atom is -0.395 e. The number of non-ortho nitro benzene ring substituents is 1. The molecule has 0 fully saturated rings. The zero-order chi connectivity index (χ0) is 35.3. The topological polar surface area (TPSA) is 164 Å². The highest BCUT2D eigenvalue weighted by molar-refractivity contribution is 6.07. The molecule has 0 aliphatic carbocycles. The molecule has 2 heterocycles. The maximum Gasteiger partial charge on any atom is 0.269 e. The number of carbonyl (C=O) groups is 2. The van der Waals surface area contributed by atoms with Gasteiger partial charge in [-0.3, -0.25) is 24.4 Å². The Morgan fingerprint density at radius 1 is 1.02 bits per heavy atom. The normalized spacial score (nSPS) is 16.7. The highest BCUT2D eigenvalue weighted by Crippen LogP contribution is 2.47. The largest absolute Gasteiger partial charge is 0.395 e. The van der Waals surface area contributed by atoms with Crippen LogP contribution < -0.4 is 10.2 Å². The van der Waals surface area contributed by atoms with Gasteiger partial charge < -0.3 is 20.4 Å². The van der Waals surface area contributed by atoms with Crippen molar-refractivity contribution >= 4 is 28.9 Å². The summed E-state index contributed by atoms with van der Waals surface area (Å²) in [5, 5.41) is 45.1. The van der Waals surface area contributed by atoms with E-state index in [-0.39, 0.29) is 36.2 Å². The Hall–Kier alpha value is -5.98. The van der Waals surface area contributed by atoms with Crippen molar-refractivity contribution in [3.05, 3.63) is 160 Å². The monoisotopic (exact) mass is 672 g/mol. The quantitative estimate of drug-likeness (QED) is 0.0829. The van der Waals surface area contributed by atoms with Gasteiger partial charge in [0.2, 0.25) is 0 Å². The van der Waals surface area contributed by atoms with Crippen LogP contribution in [0.25, 0.3) is 0 Å². The molecule has 12 heteroatoms. The van der Waals surface area contributed by atoms with E-state index in [9.17, 15) is 29.9 Å². The summed E-state index contributed by atoms with van der Waals surface area (Å²) in [6.45, 7) is 2.10. The number of aryl methyl sites for hydroxylation is 1. The molecule has 0 radical (unpaired) electrons. The van der Waals surface area contributed by atoms with Gasteiger partial charge in [0.25, 0.3) is 17.5 Å². The number of benzene rings is 4. The van der Waals surface area contributed by atoms with Crippen LogP contribution in [0.1, 0.15) is 52.0 Å². The van der Waals surface area contributed by atoms with Gasteiger partial charge in [0, 0.05) is 47.6 Å². The first-order valence-corrected chi connectivity index (χ1v) is 16.2. The summed E-state index contributed by atoms with van der Waals surface area (Å²) in [7, 11) is 0. The molecule has 0 saturated heterocycles. The number of allylic oxidation sites excluding steroid dienone is 1. The molecule has 1 unspecified atom stereocenters. The van der Waals surface area contributed by atoms with Crippen LogP contribution in [0.2, 0.25) is 0 Å². The SMILES string of the molecule is C[C@H](/C=C/CCn1cc(C(CO)c2ccccc2)nn1)[C@@]1(O)C(=O)N(Cc2cccc(NC(=O)c3ccccc3)c2)c2ccc([N+](=O)[O-])cc21. The first kappa shape index (κ1) is 33.9. The van der Waals surface area contributed by atoms with Crippen LogP contribution in [0.3, 0.4) is 0 Å². The molecule has 0 bridgehead atoms. The van der Waals surface area contributed by atoms with E-state index in [0.717, 1.165) is 5.56 Å². The molecular weight excluding hydrogens is 636 g/mol. The van der Waals surface area contributed by atoms with E-state index in [2.05, 4.69) is 15.6 Å². The fourth-order valence-electron chi connectivity index (χ4n) is 6.21. The second-order valence-electron chi connectivity index (χ2n) is 12.2. The Labute approximate surface area is 288 Å². The molecule has 12 nitrogen and oxygen atoms in total. The predicted octanol–water partition coefficient (Wildman–Crippen LogP) is 5.58. The third kappa shape index (κ3) is 6.93. The molecule has 5 aromatic rings. The number of nitrogens with one attached hydrogen (secondary N) is 1. The highest BCUT2D eigenvalue weighted by atomic mass is 16.6. The Morgan fingerprint density at radius 3 is 2.48 bits per heavy atom. The number of anilines is 2. The summed E-state index contributed by atoms with van der Waals surface area (Å²) in [5.74, 6) is -1.94. The van der Waals surface area contributed by atoms with Gasteiger partial charge in [0.05, 0.1) is 35.4 Å². The molecule has 3 atom stereocenters. The van der Waals surface area contributed by atoms with Crippen LogP contribution in [0.5, 0.6) is 0 Å². The van der Waals surface area contributed by atoms with Gasteiger partial charge >= 0.3 is 0 Å². The Bertz CT molecular complexity index is 2030. The molecule has 1 aliphatic heterocycles. The standard InChI is InChI=1S/C38H36N6O6/c1-26(11-8-9-20-42-24-34(40-41-42)32(25-45)28-13-4-2-5-14-28)38(48)33-22-31(44(49)50)18-19-35(33)43(37(38)47)23-27-12-10-17-30(21-27)39-36(46)29-15-6-3-7-16-29/h2-8,10-19,21-22,24,26,32,45,48H,9,20,23,25H2,1H3,(H,39,46)/b11-8+/t26-,32?,38+/m1/s1. The fraction of sp³-hybridized carbons (Fsp3) is 0.211. The number of aliphatic hydroxyl groups is 2. The first-order chi connectivity index (χ1) is 24.2. The van der Waals surface area contributed by atoms with Crippen molar-refractivity contribution in [3.63, 3.8) is 0 Å². The van der Waals surface area contributed by atoms with Crippen molar-refractivity contribution in [2.75, 3.05) is 16.8 Å². The molecule has 2 amide bonds. The third-order valence-corrected chi connectivity index (χ3v) is 8.93. The molecule has 0 spiro atoms. The van der Waals surface area contributed by atoms with E-state index in [1.54, 1.807) is 72.4 Å². The summed E-state index contributed by atoms with van der Waals surface area (Å²) in [5.41, 5.74) is 1.51. The number of amides is 2. The number of carbonyl (C=O) groups excluding carboxylic acids is 2. The highest BCUT2D eigenvalue weighted by Gasteiger charge is 2.53. The number of nitro groups is 1. The molecule has 0 saturated carbocycles. The summed E-state index contributed by atoms with van der Waals surface area (Å²) in [6.07, 6.45) is 5.84. The fourth-order valence-corrected chi connectivity index (χ4v) is 6.21. The maximum atomic E-state index is 14.1. The summed E-state index contributed by atoms with van der Waals surface area (Å²) in [6, 6.07) is 29.5. The van der Waals surface area contributed by atoms with Crippen molar-refractivity contribution < 1.29 is 24.7 Å². The number of nitrogens with zero attached hydrogens (tertiary/aromatic N) is 5. The Kier molecular flexibility index (Phi) is 9.93. The second kappa shape index (κ2) is 14.6. The van der Waals surface area contributed by atoms with E-state index < -0.39 is 22.3 Å². The number of hydrogen-bond acceptors (Lipinski definition) is 8. The summed E-state index contributed by atoms with van der Waals surface area (Å²) < 4.78 is 1.67. The average Bonchev–Trinajstić information content (AvgIpc) is 3.68. The number of hydrogen-bond donors (Lipinski definition) is 3. The first-order valence-electron chi connectivity index (χ1n) is 16.2. The number of nitro benzene ring substituents is 1. The van der Waals surface area contributed by atoms with E-state index in [4.69, 9.17) is 0 Å². The molecular formula is C38H36N6O6. The number of aliphatic hydroxyl groups excluding tert-OH is 1. The van der Waals surface area contributed by atoms with E-state index in [1.807, 2.05) is 42.5 Å². The maximum absolute atomic E-state index is 14.1. The summed E-state index contributed by atoms with van der Waals surface area (Å²) >= 11 is 0. The lowest BCUT2D eigenvalue weighted by Crippen LogP contribution is -2.44. The van der Waals surface area contributed by atoms with Crippen LogP contribution in [-0.2, 0) is 23.5 Å². The van der Waals surface area contributed by atoms with E-state index >= 15 is 0 Å².